The summed E-state index contributed by atoms with van der Waals surface area (Å²) in [4.78, 5) is 27.0. The van der Waals surface area contributed by atoms with Gasteiger partial charge in [-0.3, -0.25) is 14.5 Å². The Morgan fingerprint density at radius 3 is 2.59 bits per heavy atom. The standard InChI is InChI=1S/C20H24BrNO4S/c1-20(2,3)26-18(23)13-22(4)9-10-25-16-8-7-14(21)12-15(16)19(24)17-6-5-11-27-17/h5-8,11-12H,9-10,13H2,1-4H3. The van der Waals surface area contributed by atoms with E-state index in [1.54, 1.807) is 18.2 Å². The molecular weight excluding hydrogens is 430 g/mol. The number of ketones is 1. The van der Waals surface area contributed by atoms with E-state index in [2.05, 4.69) is 15.9 Å². The average molecular weight is 454 g/mol. The summed E-state index contributed by atoms with van der Waals surface area (Å²) in [5, 5.41) is 1.87. The Kier molecular flexibility index (Phi) is 7.59. The van der Waals surface area contributed by atoms with Crippen molar-refractivity contribution in [2.75, 3.05) is 26.7 Å². The quantitative estimate of drug-likeness (QED) is 0.438. The molecule has 0 spiro atoms. The van der Waals surface area contributed by atoms with E-state index in [0.29, 0.717) is 29.3 Å². The summed E-state index contributed by atoms with van der Waals surface area (Å²) in [6.07, 6.45) is 0. The van der Waals surface area contributed by atoms with Crippen molar-refractivity contribution in [1.29, 1.82) is 0 Å². The third-order valence-corrected chi connectivity index (χ3v) is 4.84. The molecule has 0 unspecified atom stereocenters. The minimum atomic E-state index is -0.497. The van der Waals surface area contributed by atoms with Crippen molar-refractivity contribution in [2.45, 2.75) is 26.4 Å². The Balaban J connectivity index is 1.94. The largest absolute Gasteiger partial charge is 0.491 e. The molecular formula is C20H24BrNO4S. The van der Waals surface area contributed by atoms with Gasteiger partial charge < -0.3 is 9.47 Å². The molecule has 146 valence electrons. The number of thiophene rings is 1. The van der Waals surface area contributed by atoms with Crippen LogP contribution in [0.4, 0.5) is 0 Å². The fourth-order valence-corrected chi connectivity index (χ4v) is 3.37. The van der Waals surface area contributed by atoms with Crippen molar-refractivity contribution in [3.05, 3.63) is 50.6 Å². The molecule has 0 N–H and O–H groups in total. The lowest BCUT2D eigenvalue weighted by atomic mass is 10.1. The first kappa shape index (κ1) is 21.6. The maximum atomic E-state index is 12.7. The van der Waals surface area contributed by atoms with Crippen LogP contribution in [0.15, 0.2) is 40.2 Å². The van der Waals surface area contributed by atoms with E-state index in [0.717, 1.165) is 4.47 Å². The fourth-order valence-electron chi connectivity index (χ4n) is 2.33. The molecule has 0 aliphatic carbocycles. The topological polar surface area (TPSA) is 55.8 Å². The molecule has 1 heterocycles. The van der Waals surface area contributed by atoms with E-state index < -0.39 is 5.60 Å². The van der Waals surface area contributed by atoms with Gasteiger partial charge >= 0.3 is 5.97 Å². The van der Waals surface area contributed by atoms with Gasteiger partial charge in [-0.2, -0.15) is 0 Å². The second-order valence-electron chi connectivity index (χ2n) is 7.12. The summed E-state index contributed by atoms with van der Waals surface area (Å²) >= 11 is 4.81. The van der Waals surface area contributed by atoms with Gasteiger partial charge in [-0.1, -0.05) is 22.0 Å². The normalized spacial score (nSPS) is 11.5. The lowest BCUT2D eigenvalue weighted by Gasteiger charge is -2.22. The summed E-state index contributed by atoms with van der Waals surface area (Å²) in [5.41, 5.74) is 0.0183. The summed E-state index contributed by atoms with van der Waals surface area (Å²) in [6.45, 7) is 6.59. The van der Waals surface area contributed by atoms with Crippen LogP contribution in [0.2, 0.25) is 0 Å². The highest BCUT2D eigenvalue weighted by atomic mass is 79.9. The van der Waals surface area contributed by atoms with Gasteiger partial charge in [0.1, 0.15) is 18.0 Å². The third kappa shape index (κ3) is 7.08. The second kappa shape index (κ2) is 9.48. The smallest absolute Gasteiger partial charge is 0.320 e. The van der Waals surface area contributed by atoms with E-state index in [1.165, 1.54) is 11.3 Å². The van der Waals surface area contributed by atoms with E-state index in [9.17, 15) is 9.59 Å². The molecule has 7 heteroatoms. The van der Waals surface area contributed by atoms with E-state index in [4.69, 9.17) is 9.47 Å². The van der Waals surface area contributed by atoms with Crippen LogP contribution in [-0.2, 0) is 9.53 Å². The molecule has 0 saturated heterocycles. The molecule has 0 atom stereocenters. The number of benzene rings is 1. The van der Waals surface area contributed by atoms with Gasteiger partial charge in [-0.25, -0.2) is 0 Å². The first-order valence-corrected chi connectivity index (χ1v) is 10.2. The Hall–Kier alpha value is -1.70. The van der Waals surface area contributed by atoms with Gasteiger partial charge in [0, 0.05) is 11.0 Å². The second-order valence-corrected chi connectivity index (χ2v) is 8.98. The maximum absolute atomic E-state index is 12.7. The monoisotopic (exact) mass is 453 g/mol. The maximum Gasteiger partial charge on any atom is 0.320 e. The van der Waals surface area contributed by atoms with Gasteiger partial charge in [-0.15, -0.1) is 11.3 Å². The number of hydrogen-bond donors (Lipinski definition) is 0. The van der Waals surface area contributed by atoms with Crippen LogP contribution in [0.5, 0.6) is 5.75 Å². The highest BCUT2D eigenvalue weighted by molar-refractivity contribution is 9.10. The van der Waals surface area contributed by atoms with Crippen molar-refractivity contribution in [1.82, 2.24) is 4.90 Å². The third-order valence-electron chi connectivity index (χ3n) is 3.48. The van der Waals surface area contributed by atoms with E-state index in [1.807, 2.05) is 50.2 Å². The zero-order chi connectivity index (χ0) is 20.0. The van der Waals surface area contributed by atoms with Gasteiger partial charge in [0.05, 0.1) is 17.0 Å². The summed E-state index contributed by atoms with van der Waals surface area (Å²) in [5.74, 6) is 0.188. The van der Waals surface area contributed by atoms with Gasteiger partial charge in [0.2, 0.25) is 5.78 Å². The van der Waals surface area contributed by atoms with Crippen LogP contribution < -0.4 is 4.74 Å². The van der Waals surface area contributed by atoms with Crippen LogP contribution in [0, 0.1) is 0 Å². The first-order valence-electron chi connectivity index (χ1n) is 8.56. The van der Waals surface area contributed by atoms with Crippen LogP contribution in [-0.4, -0.2) is 49.0 Å². The molecule has 2 aromatic rings. The van der Waals surface area contributed by atoms with Crippen LogP contribution in [0.1, 0.15) is 36.0 Å². The van der Waals surface area contributed by atoms with Gasteiger partial charge in [0.15, 0.2) is 0 Å². The first-order chi connectivity index (χ1) is 12.7. The number of carbonyl (C=O) groups is 2. The molecule has 0 amide bonds. The Morgan fingerprint density at radius 2 is 1.96 bits per heavy atom. The molecule has 0 aliphatic rings. The predicted octanol–water partition coefficient (Wildman–Crippen LogP) is 4.39. The molecule has 0 aliphatic heterocycles. The van der Waals surface area contributed by atoms with Crippen molar-refractivity contribution >= 4 is 39.0 Å². The lowest BCUT2D eigenvalue weighted by Crippen LogP contribution is -2.34. The van der Waals surface area contributed by atoms with E-state index >= 15 is 0 Å². The number of ether oxygens (including phenoxy) is 2. The van der Waals surface area contributed by atoms with Crippen LogP contribution in [0.25, 0.3) is 0 Å². The Bertz CT molecular complexity index is 784. The number of likely N-dealkylation sites (N-methyl/N-ethyl adjacent to an activating group) is 1. The van der Waals surface area contributed by atoms with Gasteiger partial charge in [-0.05, 0) is 57.5 Å². The molecule has 0 radical (unpaired) electrons. The highest BCUT2D eigenvalue weighted by Crippen LogP contribution is 2.27. The minimum absolute atomic E-state index is 0.0663. The Labute approximate surface area is 172 Å². The zero-order valence-electron chi connectivity index (χ0n) is 16.0. The zero-order valence-corrected chi connectivity index (χ0v) is 18.4. The lowest BCUT2D eigenvalue weighted by molar-refractivity contribution is -0.155. The minimum Gasteiger partial charge on any atom is -0.491 e. The molecule has 1 aromatic carbocycles. The molecule has 0 bridgehead atoms. The average Bonchev–Trinajstić information content (AvgIpc) is 3.08. The summed E-state index contributed by atoms with van der Waals surface area (Å²) < 4.78 is 12.0. The van der Waals surface area contributed by atoms with Gasteiger partial charge in [0.25, 0.3) is 0 Å². The summed E-state index contributed by atoms with van der Waals surface area (Å²) in [7, 11) is 1.83. The van der Waals surface area contributed by atoms with Crippen molar-refractivity contribution in [3.8, 4) is 5.75 Å². The fraction of sp³-hybridized carbons (Fsp3) is 0.400. The SMILES string of the molecule is CN(CCOc1ccc(Br)cc1C(=O)c1cccs1)CC(=O)OC(C)(C)C. The van der Waals surface area contributed by atoms with Crippen molar-refractivity contribution in [3.63, 3.8) is 0 Å². The van der Waals surface area contributed by atoms with Crippen molar-refractivity contribution < 1.29 is 19.1 Å². The van der Waals surface area contributed by atoms with Crippen LogP contribution >= 0.6 is 27.3 Å². The number of hydrogen-bond acceptors (Lipinski definition) is 6. The number of carbonyl (C=O) groups excluding carboxylic acids is 2. The molecule has 27 heavy (non-hydrogen) atoms. The van der Waals surface area contributed by atoms with Crippen LogP contribution in [0.3, 0.4) is 0 Å². The summed E-state index contributed by atoms with van der Waals surface area (Å²) in [6, 6.07) is 9.03. The number of nitrogens with zero attached hydrogens (tertiary/aromatic N) is 1. The number of esters is 1. The molecule has 0 fully saturated rings. The molecule has 0 saturated carbocycles. The number of halogens is 1. The number of rotatable bonds is 8. The molecule has 5 nitrogen and oxygen atoms in total. The highest BCUT2D eigenvalue weighted by Gasteiger charge is 2.18. The predicted molar refractivity (Wildman–Crippen MR) is 111 cm³/mol. The molecule has 1 aromatic heterocycles. The van der Waals surface area contributed by atoms with Crippen molar-refractivity contribution in [2.24, 2.45) is 0 Å². The Morgan fingerprint density at radius 1 is 1.22 bits per heavy atom. The van der Waals surface area contributed by atoms with E-state index in [-0.39, 0.29) is 18.3 Å². The molecule has 2 rings (SSSR count).